The van der Waals surface area contributed by atoms with Crippen LogP contribution < -0.4 is 27.4 Å². The number of hydrogen-bond donors (Lipinski definition) is 8. The van der Waals surface area contributed by atoms with E-state index < -0.39 is 72.8 Å². The SMILES string of the molecule is CC(O)C(NC(=O)C(CC(=O)O)NC(=O)C(CCC(N)=O)NC(=O)CN)C(=O)O. The van der Waals surface area contributed by atoms with E-state index in [4.69, 9.17) is 21.7 Å². The van der Waals surface area contributed by atoms with Crippen molar-refractivity contribution < 1.29 is 44.1 Å². The molecule has 0 aliphatic heterocycles. The highest BCUT2D eigenvalue weighted by Gasteiger charge is 2.32. The molecule has 0 aliphatic carbocycles. The van der Waals surface area contributed by atoms with Crippen molar-refractivity contribution in [3.63, 3.8) is 0 Å². The van der Waals surface area contributed by atoms with Crippen LogP contribution in [0, 0.1) is 0 Å². The van der Waals surface area contributed by atoms with Gasteiger partial charge < -0.3 is 42.7 Å². The van der Waals surface area contributed by atoms with Crippen molar-refractivity contribution in [1.29, 1.82) is 0 Å². The Morgan fingerprint density at radius 3 is 1.90 bits per heavy atom. The zero-order valence-electron chi connectivity index (χ0n) is 15.6. The number of aliphatic hydroxyl groups is 1. The molecule has 0 rings (SSSR count). The van der Waals surface area contributed by atoms with Crippen molar-refractivity contribution in [2.75, 3.05) is 6.54 Å². The molecule has 4 atom stereocenters. The monoisotopic (exact) mass is 419 g/mol. The van der Waals surface area contributed by atoms with Crippen molar-refractivity contribution in [1.82, 2.24) is 16.0 Å². The molecule has 0 heterocycles. The van der Waals surface area contributed by atoms with Crippen LogP contribution in [0.5, 0.6) is 0 Å². The molecule has 0 aromatic heterocycles. The van der Waals surface area contributed by atoms with Crippen LogP contribution in [0.2, 0.25) is 0 Å². The first-order chi connectivity index (χ1) is 13.4. The van der Waals surface area contributed by atoms with Gasteiger partial charge in [-0.05, 0) is 13.3 Å². The summed E-state index contributed by atoms with van der Waals surface area (Å²) in [4.78, 5) is 69.1. The Kier molecular flexibility index (Phi) is 10.9. The van der Waals surface area contributed by atoms with E-state index in [-0.39, 0.29) is 12.8 Å². The number of rotatable bonds is 13. The molecule has 164 valence electrons. The number of amides is 4. The van der Waals surface area contributed by atoms with Crippen LogP contribution in [0.15, 0.2) is 0 Å². The molecular weight excluding hydrogens is 394 g/mol. The van der Waals surface area contributed by atoms with Gasteiger partial charge in [0.15, 0.2) is 6.04 Å². The minimum atomic E-state index is -1.75. The quantitative estimate of drug-likeness (QED) is 0.142. The van der Waals surface area contributed by atoms with Crippen LogP contribution >= 0.6 is 0 Å². The van der Waals surface area contributed by atoms with Crippen LogP contribution in [0.3, 0.4) is 0 Å². The third kappa shape index (κ3) is 10.0. The lowest BCUT2D eigenvalue weighted by molar-refractivity contribution is -0.146. The lowest BCUT2D eigenvalue weighted by Crippen LogP contribution is -2.58. The lowest BCUT2D eigenvalue weighted by Gasteiger charge is -2.24. The number of carbonyl (C=O) groups excluding carboxylic acids is 4. The maximum atomic E-state index is 12.4. The zero-order chi connectivity index (χ0) is 22.7. The van der Waals surface area contributed by atoms with E-state index >= 15 is 0 Å². The highest BCUT2D eigenvalue weighted by molar-refractivity contribution is 5.95. The van der Waals surface area contributed by atoms with E-state index in [9.17, 15) is 33.9 Å². The Balaban J connectivity index is 5.41. The first-order valence-electron chi connectivity index (χ1n) is 8.40. The van der Waals surface area contributed by atoms with Crippen molar-refractivity contribution in [2.24, 2.45) is 11.5 Å². The van der Waals surface area contributed by atoms with Gasteiger partial charge >= 0.3 is 11.9 Å². The van der Waals surface area contributed by atoms with Gasteiger partial charge in [-0.25, -0.2) is 4.79 Å². The Labute approximate surface area is 165 Å². The van der Waals surface area contributed by atoms with E-state index in [2.05, 4.69) is 10.6 Å². The number of carboxylic acid groups (broad SMARTS) is 2. The Morgan fingerprint density at radius 2 is 1.48 bits per heavy atom. The van der Waals surface area contributed by atoms with Gasteiger partial charge in [0.25, 0.3) is 0 Å². The molecule has 10 N–H and O–H groups in total. The molecule has 0 aromatic carbocycles. The van der Waals surface area contributed by atoms with Crippen LogP contribution in [0.4, 0.5) is 0 Å². The highest BCUT2D eigenvalue weighted by Crippen LogP contribution is 2.02. The molecule has 0 spiro atoms. The fourth-order valence-corrected chi connectivity index (χ4v) is 2.11. The molecule has 4 unspecified atom stereocenters. The number of carbonyl (C=O) groups is 6. The average molecular weight is 419 g/mol. The summed E-state index contributed by atoms with van der Waals surface area (Å²) in [6.45, 7) is 0.611. The van der Waals surface area contributed by atoms with Gasteiger partial charge in [0.1, 0.15) is 12.1 Å². The zero-order valence-corrected chi connectivity index (χ0v) is 15.6. The third-order valence-corrected chi connectivity index (χ3v) is 3.57. The second kappa shape index (κ2) is 12.2. The number of nitrogens with one attached hydrogen (secondary N) is 3. The molecule has 0 aliphatic rings. The minimum absolute atomic E-state index is 0.250. The summed E-state index contributed by atoms with van der Waals surface area (Å²) >= 11 is 0. The van der Waals surface area contributed by atoms with Crippen LogP contribution in [0.1, 0.15) is 26.2 Å². The van der Waals surface area contributed by atoms with Gasteiger partial charge in [0.05, 0.1) is 19.1 Å². The van der Waals surface area contributed by atoms with E-state index in [0.717, 1.165) is 6.92 Å². The van der Waals surface area contributed by atoms with Gasteiger partial charge in [-0.2, -0.15) is 0 Å². The molecular formula is C15H25N5O9. The number of primary amides is 1. The summed E-state index contributed by atoms with van der Waals surface area (Å²) in [5.41, 5.74) is 10.1. The summed E-state index contributed by atoms with van der Waals surface area (Å²) in [6, 6.07) is -4.83. The molecule has 4 amide bonds. The maximum Gasteiger partial charge on any atom is 0.328 e. The summed E-state index contributed by atoms with van der Waals surface area (Å²) in [5.74, 6) is -6.80. The van der Waals surface area contributed by atoms with Crippen LogP contribution in [-0.4, -0.2) is 81.7 Å². The van der Waals surface area contributed by atoms with E-state index in [1.54, 1.807) is 0 Å². The number of carboxylic acids is 2. The molecule has 0 saturated heterocycles. The Bertz CT molecular complexity index is 652. The maximum absolute atomic E-state index is 12.4. The summed E-state index contributed by atoms with van der Waals surface area (Å²) in [6.07, 6.45) is -2.98. The molecule has 0 fully saturated rings. The predicted octanol–water partition coefficient (Wildman–Crippen LogP) is -4.39. The fourth-order valence-electron chi connectivity index (χ4n) is 2.11. The number of aliphatic hydroxyl groups excluding tert-OH is 1. The largest absolute Gasteiger partial charge is 0.481 e. The molecule has 29 heavy (non-hydrogen) atoms. The van der Waals surface area contributed by atoms with E-state index in [1.807, 2.05) is 5.32 Å². The Hall–Kier alpha value is -3.26. The first kappa shape index (κ1) is 25.7. The first-order valence-corrected chi connectivity index (χ1v) is 8.40. The number of aliphatic carboxylic acids is 2. The fraction of sp³-hybridized carbons (Fsp3) is 0.600. The minimum Gasteiger partial charge on any atom is -0.481 e. The number of nitrogens with two attached hydrogens (primary N) is 2. The highest BCUT2D eigenvalue weighted by atomic mass is 16.4. The van der Waals surface area contributed by atoms with Crippen molar-refractivity contribution in [3.05, 3.63) is 0 Å². The molecule has 0 radical (unpaired) electrons. The van der Waals surface area contributed by atoms with Crippen molar-refractivity contribution >= 4 is 35.6 Å². The van der Waals surface area contributed by atoms with Crippen molar-refractivity contribution in [2.45, 2.75) is 50.4 Å². The van der Waals surface area contributed by atoms with Gasteiger partial charge in [-0.3, -0.25) is 24.0 Å². The molecule has 0 saturated carbocycles. The van der Waals surface area contributed by atoms with Gasteiger partial charge in [0, 0.05) is 6.42 Å². The molecule has 14 heteroatoms. The smallest absolute Gasteiger partial charge is 0.328 e. The van der Waals surface area contributed by atoms with Crippen molar-refractivity contribution in [3.8, 4) is 0 Å². The molecule has 0 aromatic rings. The third-order valence-electron chi connectivity index (χ3n) is 3.57. The standard InChI is InChI=1S/C15H25N5O9/c1-6(21)12(15(28)29)20-14(27)8(4-11(24)25)19-13(26)7(2-3-9(17)22)18-10(23)5-16/h6-8,12,21H,2-5,16H2,1H3,(H2,17,22)(H,18,23)(H,19,26)(H,20,27)(H,24,25)(H,28,29). The second-order valence-electron chi connectivity index (χ2n) is 6.05. The van der Waals surface area contributed by atoms with Crippen LogP contribution in [0.25, 0.3) is 0 Å². The summed E-state index contributed by atoms with van der Waals surface area (Å²) in [7, 11) is 0. The summed E-state index contributed by atoms with van der Waals surface area (Å²) < 4.78 is 0. The van der Waals surface area contributed by atoms with Gasteiger partial charge in [-0.1, -0.05) is 0 Å². The molecule has 14 nitrogen and oxygen atoms in total. The lowest BCUT2D eigenvalue weighted by atomic mass is 10.1. The number of hydrogen-bond acceptors (Lipinski definition) is 8. The van der Waals surface area contributed by atoms with Gasteiger partial charge in [-0.15, -0.1) is 0 Å². The van der Waals surface area contributed by atoms with Gasteiger partial charge in [0.2, 0.25) is 23.6 Å². The predicted molar refractivity (Wildman–Crippen MR) is 94.8 cm³/mol. The summed E-state index contributed by atoms with van der Waals surface area (Å²) in [5, 5.41) is 33.5. The normalized spacial score (nSPS) is 14.6. The Morgan fingerprint density at radius 1 is 0.931 bits per heavy atom. The molecule has 0 bridgehead atoms. The van der Waals surface area contributed by atoms with Crippen LogP contribution in [-0.2, 0) is 28.8 Å². The van der Waals surface area contributed by atoms with E-state index in [1.165, 1.54) is 0 Å². The topological polar surface area (TPSA) is 251 Å². The second-order valence-corrected chi connectivity index (χ2v) is 6.05. The average Bonchev–Trinajstić information content (AvgIpc) is 2.60. The van der Waals surface area contributed by atoms with E-state index in [0.29, 0.717) is 0 Å².